The van der Waals surface area contributed by atoms with Crippen molar-refractivity contribution in [1.29, 1.82) is 0 Å². The van der Waals surface area contributed by atoms with E-state index in [1.54, 1.807) is 0 Å². The molecule has 2 rings (SSSR count). The Balaban J connectivity index is 2.11. The van der Waals surface area contributed by atoms with Gasteiger partial charge in [-0.25, -0.2) is 0 Å². The minimum Gasteiger partial charge on any atom is -0.372 e. The van der Waals surface area contributed by atoms with Crippen molar-refractivity contribution in [3.8, 4) is 0 Å². The minimum absolute atomic E-state index is 0.0804. The monoisotopic (exact) mass is 321 g/mol. The van der Waals surface area contributed by atoms with Crippen LogP contribution in [0.5, 0.6) is 0 Å². The molecule has 0 aromatic carbocycles. The maximum atomic E-state index is 6.10. The van der Waals surface area contributed by atoms with Crippen molar-refractivity contribution in [3.05, 3.63) is 5.82 Å². The molecule has 2 heterocycles. The van der Waals surface area contributed by atoms with Gasteiger partial charge in [0.15, 0.2) is 0 Å². The molecule has 6 heteroatoms. The number of rotatable bonds is 4. The molecule has 0 radical (unpaired) electrons. The average Bonchev–Trinajstić information content (AvgIpc) is 2.45. The number of nitrogens with zero attached hydrogens (tertiary/aromatic N) is 5. The number of ether oxygens (including phenoxy) is 1. The van der Waals surface area contributed by atoms with Crippen molar-refractivity contribution in [2.45, 2.75) is 65.1 Å². The fourth-order valence-corrected chi connectivity index (χ4v) is 2.64. The zero-order chi connectivity index (χ0) is 17.2. The van der Waals surface area contributed by atoms with E-state index in [9.17, 15) is 0 Å². The molecule has 0 spiro atoms. The van der Waals surface area contributed by atoms with E-state index in [4.69, 9.17) is 4.74 Å². The normalized spacial score (nSPS) is 17.0. The van der Waals surface area contributed by atoms with Crippen LogP contribution in [0.1, 0.15) is 59.2 Å². The molecule has 1 aromatic heterocycles. The van der Waals surface area contributed by atoms with Crippen LogP contribution in [0.15, 0.2) is 0 Å². The molecular formula is C17H31N5O. The molecule has 0 amide bonds. The summed E-state index contributed by atoms with van der Waals surface area (Å²) in [5.74, 6) is 2.66. The van der Waals surface area contributed by atoms with Gasteiger partial charge in [-0.3, -0.25) is 0 Å². The van der Waals surface area contributed by atoms with Crippen LogP contribution in [0.2, 0.25) is 0 Å². The first kappa shape index (κ1) is 17.9. The summed E-state index contributed by atoms with van der Waals surface area (Å²) in [7, 11) is 3.93. The van der Waals surface area contributed by atoms with Crippen molar-refractivity contribution in [1.82, 2.24) is 15.0 Å². The second-order valence-corrected chi connectivity index (χ2v) is 7.76. The number of hydrogen-bond donors (Lipinski definition) is 0. The SMILES string of the molecule is CC(C)c1nc(N(C)C)nc(N2CCC(OC(C)(C)C)CC2)n1. The number of anilines is 2. The molecule has 1 saturated heterocycles. The lowest BCUT2D eigenvalue weighted by atomic mass is 10.1. The van der Waals surface area contributed by atoms with Gasteiger partial charge >= 0.3 is 0 Å². The van der Waals surface area contributed by atoms with E-state index in [2.05, 4.69) is 54.5 Å². The summed E-state index contributed by atoms with van der Waals surface area (Å²) >= 11 is 0. The summed E-state index contributed by atoms with van der Waals surface area (Å²) in [6.45, 7) is 12.4. The summed E-state index contributed by atoms with van der Waals surface area (Å²) in [6.07, 6.45) is 2.35. The van der Waals surface area contributed by atoms with Crippen LogP contribution >= 0.6 is 0 Å². The quantitative estimate of drug-likeness (QED) is 0.850. The molecule has 0 unspecified atom stereocenters. The predicted molar refractivity (Wildman–Crippen MR) is 94.3 cm³/mol. The molecule has 0 bridgehead atoms. The first-order chi connectivity index (χ1) is 10.7. The molecule has 1 fully saturated rings. The van der Waals surface area contributed by atoms with Crippen LogP contribution in [0.25, 0.3) is 0 Å². The summed E-state index contributed by atoms with van der Waals surface area (Å²) in [5, 5.41) is 0. The highest BCUT2D eigenvalue weighted by Gasteiger charge is 2.26. The molecule has 1 aliphatic rings. The Morgan fingerprint density at radius 1 is 1.09 bits per heavy atom. The van der Waals surface area contributed by atoms with Crippen molar-refractivity contribution >= 4 is 11.9 Å². The fraction of sp³-hybridized carbons (Fsp3) is 0.824. The van der Waals surface area contributed by atoms with E-state index in [1.807, 2.05) is 19.0 Å². The van der Waals surface area contributed by atoms with Gasteiger partial charge in [0, 0.05) is 33.1 Å². The molecule has 0 aliphatic carbocycles. The lowest BCUT2D eigenvalue weighted by Crippen LogP contribution is -2.41. The summed E-state index contributed by atoms with van der Waals surface area (Å²) in [5.41, 5.74) is -0.0804. The molecular weight excluding hydrogens is 290 g/mol. The predicted octanol–water partition coefficient (Wildman–Crippen LogP) is 2.84. The maximum Gasteiger partial charge on any atom is 0.230 e. The van der Waals surface area contributed by atoms with Crippen LogP contribution in [0, 0.1) is 0 Å². The largest absolute Gasteiger partial charge is 0.372 e. The van der Waals surface area contributed by atoms with E-state index < -0.39 is 0 Å². The lowest BCUT2D eigenvalue weighted by Gasteiger charge is -2.35. The maximum absolute atomic E-state index is 6.10. The van der Waals surface area contributed by atoms with Crippen molar-refractivity contribution in [2.75, 3.05) is 37.0 Å². The van der Waals surface area contributed by atoms with Crippen LogP contribution in [0.3, 0.4) is 0 Å². The number of hydrogen-bond acceptors (Lipinski definition) is 6. The Hall–Kier alpha value is -1.43. The van der Waals surface area contributed by atoms with Gasteiger partial charge in [-0.05, 0) is 33.6 Å². The standard InChI is InChI=1S/C17H31N5O/c1-12(2)14-18-15(21(6)7)20-16(19-14)22-10-8-13(9-11-22)23-17(3,4)5/h12-13H,8-11H2,1-7H3. The van der Waals surface area contributed by atoms with Crippen molar-refractivity contribution in [2.24, 2.45) is 0 Å². The first-order valence-electron chi connectivity index (χ1n) is 8.52. The third-order valence-corrected chi connectivity index (χ3v) is 3.79. The molecule has 0 saturated carbocycles. The Morgan fingerprint density at radius 2 is 1.70 bits per heavy atom. The molecule has 23 heavy (non-hydrogen) atoms. The highest BCUT2D eigenvalue weighted by Crippen LogP contribution is 2.24. The van der Waals surface area contributed by atoms with Crippen LogP contribution in [0.4, 0.5) is 11.9 Å². The minimum atomic E-state index is -0.0804. The molecule has 0 atom stereocenters. The second-order valence-electron chi connectivity index (χ2n) is 7.76. The van der Waals surface area contributed by atoms with Gasteiger partial charge in [0.1, 0.15) is 5.82 Å². The second kappa shape index (κ2) is 6.99. The highest BCUT2D eigenvalue weighted by molar-refractivity contribution is 5.39. The van der Waals surface area contributed by atoms with E-state index in [-0.39, 0.29) is 11.5 Å². The highest BCUT2D eigenvalue weighted by atomic mass is 16.5. The summed E-state index contributed by atoms with van der Waals surface area (Å²) in [6, 6.07) is 0. The Kier molecular flexibility index (Phi) is 5.45. The van der Waals surface area contributed by atoms with Gasteiger partial charge in [-0.2, -0.15) is 15.0 Å². The smallest absolute Gasteiger partial charge is 0.230 e. The van der Waals surface area contributed by atoms with E-state index in [0.29, 0.717) is 6.10 Å². The van der Waals surface area contributed by atoms with E-state index >= 15 is 0 Å². The van der Waals surface area contributed by atoms with Gasteiger partial charge in [0.25, 0.3) is 0 Å². The van der Waals surface area contributed by atoms with Crippen LogP contribution in [-0.2, 0) is 4.74 Å². The van der Waals surface area contributed by atoms with Gasteiger partial charge in [0.05, 0.1) is 11.7 Å². The van der Waals surface area contributed by atoms with Gasteiger partial charge in [-0.15, -0.1) is 0 Å². The average molecular weight is 321 g/mol. The van der Waals surface area contributed by atoms with Crippen LogP contribution in [-0.4, -0.2) is 53.8 Å². The summed E-state index contributed by atoms with van der Waals surface area (Å²) in [4.78, 5) is 18.0. The number of aromatic nitrogens is 3. The molecule has 130 valence electrons. The van der Waals surface area contributed by atoms with Crippen LogP contribution < -0.4 is 9.80 Å². The molecule has 1 aromatic rings. The third-order valence-electron chi connectivity index (χ3n) is 3.79. The summed E-state index contributed by atoms with van der Waals surface area (Å²) < 4.78 is 6.10. The molecule has 6 nitrogen and oxygen atoms in total. The fourth-order valence-electron chi connectivity index (χ4n) is 2.64. The Morgan fingerprint density at radius 3 is 2.17 bits per heavy atom. The number of piperidine rings is 1. The third kappa shape index (κ3) is 5.03. The van der Waals surface area contributed by atoms with Crippen molar-refractivity contribution in [3.63, 3.8) is 0 Å². The zero-order valence-corrected chi connectivity index (χ0v) is 15.6. The van der Waals surface area contributed by atoms with E-state index in [0.717, 1.165) is 43.7 Å². The molecule has 1 aliphatic heterocycles. The molecule has 0 N–H and O–H groups in total. The Bertz CT molecular complexity index is 490. The lowest BCUT2D eigenvalue weighted by molar-refractivity contribution is -0.0683. The van der Waals surface area contributed by atoms with Gasteiger partial charge in [0.2, 0.25) is 11.9 Å². The first-order valence-corrected chi connectivity index (χ1v) is 8.52. The van der Waals surface area contributed by atoms with E-state index in [1.165, 1.54) is 0 Å². The van der Waals surface area contributed by atoms with Gasteiger partial charge < -0.3 is 14.5 Å². The zero-order valence-electron chi connectivity index (χ0n) is 15.6. The Labute approximate surface area is 140 Å². The van der Waals surface area contributed by atoms with Crippen molar-refractivity contribution < 1.29 is 4.74 Å². The van der Waals surface area contributed by atoms with Gasteiger partial charge in [-0.1, -0.05) is 13.8 Å². The topological polar surface area (TPSA) is 54.4 Å².